The van der Waals surface area contributed by atoms with Crippen molar-refractivity contribution in [2.24, 2.45) is 0 Å². The molecule has 94 valence electrons. The van der Waals surface area contributed by atoms with Crippen LogP contribution in [0.4, 0.5) is 0 Å². The maximum Gasteiger partial charge on any atom is 0.254 e. The van der Waals surface area contributed by atoms with Crippen LogP contribution in [0.3, 0.4) is 0 Å². The Kier molecular flexibility index (Phi) is 5.24. The van der Waals surface area contributed by atoms with Crippen molar-refractivity contribution in [1.29, 1.82) is 0 Å². The van der Waals surface area contributed by atoms with E-state index in [2.05, 4.69) is 6.92 Å². The van der Waals surface area contributed by atoms with Gasteiger partial charge in [-0.15, -0.1) is 0 Å². The molecule has 0 aliphatic heterocycles. The molecule has 0 radical (unpaired) electrons. The lowest BCUT2D eigenvalue weighted by Crippen LogP contribution is -2.38. The lowest BCUT2D eigenvalue weighted by Gasteiger charge is -2.27. The van der Waals surface area contributed by atoms with Gasteiger partial charge in [-0.3, -0.25) is 4.79 Å². The molecule has 0 aromatic heterocycles. The zero-order valence-corrected chi connectivity index (χ0v) is 12.6. The van der Waals surface area contributed by atoms with Gasteiger partial charge >= 0.3 is 0 Å². The number of nitrogens with zero attached hydrogens (tertiary/aromatic N) is 1. The number of aromatic hydroxyl groups is 1. The van der Waals surface area contributed by atoms with Crippen molar-refractivity contribution in [3.63, 3.8) is 0 Å². The highest BCUT2D eigenvalue weighted by Gasteiger charge is 2.19. The van der Waals surface area contributed by atoms with Gasteiger partial charge in [0, 0.05) is 18.2 Å². The van der Waals surface area contributed by atoms with Crippen LogP contribution in [0.1, 0.15) is 37.6 Å². The molecule has 3 nitrogen and oxygen atoms in total. The van der Waals surface area contributed by atoms with Crippen LogP contribution in [0.5, 0.6) is 5.75 Å². The first-order chi connectivity index (χ1) is 8.01. The molecule has 1 aromatic carbocycles. The van der Waals surface area contributed by atoms with Gasteiger partial charge in [0.25, 0.3) is 5.91 Å². The monoisotopic (exact) mass is 347 g/mol. The van der Waals surface area contributed by atoms with E-state index < -0.39 is 0 Å². The number of benzene rings is 1. The smallest absolute Gasteiger partial charge is 0.254 e. The minimum Gasteiger partial charge on any atom is -0.507 e. The van der Waals surface area contributed by atoms with E-state index in [1.54, 1.807) is 12.1 Å². The Hall–Kier alpha value is -0.780. The summed E-state index contributed by atoms with van der Waals surface area (Å²) >= 11 is 2.04. The molecule has 4 heteroatoms. The Morgan fingerprint density at radius 2 is 2.12 bits per heavy atom. The second kappa shape index (κ2) is 6.23. The summed E-state index contributed by atoms with van der Waals surface area (Å²) in [5.74, 6) is 0.144. The maximum absolute atomic E-state index is 12.3. The highest BCUT2D eigenvalue weighted by atomic mass is 127. The van der Waals surface area contributed by atoms with Crippen molar-refractivity contribution in [2.75, 3.05) is 6.54 Å². The summed E-state index contributed by atoms with van der Waals surface area (Å²) in [5.41, 5.74) is 0.546. The number of phenols is 1. The summed E-state index contributed by atoms with van der Waals surface area (Å²) in [6.07, 6.45) is 0.927. The van der Waals surface area contributed by atoms with Crippen molar-refractivity contribution >= 4 is 28.5 Å². The van der Waals surface area contributed by atoms with Crippen molar-refractivity contribution < 1.29 is 9.90 Å². The third-order valence-electron chi connectivity index (χ3n) is 2.92. The van der Waals surface area contributed by atoms with Gasteiger partial charge in [0.2, 0.25) is 0 Å². The fourth-order valence-corrected chi connectivity index (χ4v) is 2.02. The number of phenolic OH excluding ortho intramolecular Hbond substituents is 1. The average Bonchev–Trinajstić information content (AvgIpc) is 2.33. The fraction of sp³-hybridized carbons (Fsp3) is 0.462. The zero-order chi connectivity index (χ0) is 13.0. The highest BCUT2D eigenvalue weighted by Crippen LogP contribution is 2.22. The number of hydrogen-bond acceptors (Lipinski definition) is 2. The normalized spacial score (nSPS) is 12.2. The molecule has 1 aromatic rings. The molecule has 0 aliphatic carbocycles. The summed E-state index contributed by atoms with van der Waals surface area (Å²) < 4.78 is 0.755. The van der Waals surface area contributed by atoms with Crippen LogP contribution in [0.15, 0.2) is 18.2 Å². The molecule has 1 unspecified atom stereocenters. The quantitative estimate of drug-likeness (QED) is 0.850. The third kappa shape index (κ3) is 3.34. The van der Waals surface area contributed by atoms with Gasteiger partial charge in [0.05, 0.1) is 3.57 Å². The molecular weight excluding hydrogens is 329 g/mol. The van der Waals surface area contributed by atoms with Crippen molar-refractivity contribution in [3.8, 4) is 5.75 Å². The first-order valence-corrected chi connectivity index (χ1v) is 6.88. The van der Waals surface area contributed by atoms with Gasteiger partial charge in [0.15, 0.2) is 0 Å². The van der Waals surface area contributed by atoms with Crippen molar-refractivity contribution in [2.45, 2.75) is 33.2 Å². The highest BCUT2D eigenvalue weighted by molar-refractivity contribution is 14.1. The van der Waals surface area contributed by atoms with E-state index in [-0.39, 0.29) is 17.7 Å². The topological polar surface area (TPSA) is 40.5 Å². The van der Waals surface area contributed by atoms with E-state index in [0.29, 0.717) is 12.1 Å². The lowest BCUT2D eigenvalue weighted by atomic mass is 10.1. The average molecular weight is 347 g/mol. The molecule has 17 heavy (non-hydrogen) atoms. The zero-order valence-electron chi connectivity index (χ0n) is 10.4. The summed E-state index contributed by atoms with van der Waals surface area (Å²) in [7, 11) is 0. The second-order valence-electron chi connectivity index (χ2n) is 4.01. The van der Waals surface area contributed by atoms with Crippen LogP contribution >= 0.6 is 22.6 Å². The molecule has 0 aliphatic rings. The number of carbonyl (C=O) groups is 1. The van der Waals surface area contributed by atoms with Gasteiger partial charge in [0.1, 0.15) is 5.75 Å². The minimum atomic E-state index is -0.0199. The van der Waals surface area contributed by atoms with Crippen LogP contribution in [0, 0.1) is 3.57 Å². The van der Waals surface area contributed by atoms with E-state index in [4.69, 9.17) is 0 Å². The molecule has 0 fully saturated rings. The molecule has 0 bridgehead atoms. The molecule has 0 heterocycles. The predicted octanol–water partition coefficient (Wildman–Crippen LogP) is 3.26. The van der Waals surface area contributed by atoms with Crippen LogP contribution < -0.4 is 0 Å². The van der Waals surface area contributed by atoms with Crippen molar-refractivity contribution in [1.82, 2.24) is 4.90 Å². The largest absolute Gasteiger partial charge is 0.507 e. The Labute approximate surface area is 116 Å². The minimum absolute atomic E-state index is 0.0199. The fourth-order valence-electron chi connectivity index (χ4n) is 1.69. The lowest BCUT2D eigenvalue weighted by molar-refractivity contribution is 0.0699. The first-order valence-electron chi connectivity index (χ1n) is 5.80. The third-order valence-corrected chi connectivity index (χ3v) is 3.83. The number of amides is 1. The molecular formula is C13H18INO2. The Balaban J connectivity index is 2.98. The van der Waals surface area contributed by atoms with Gasteiger partial charge in [-0.25, -0.2) is 0 Å². The van der Waals surface area contributed by atoms with E-state index >= 15 is 0 Å². The number of hydrogen-bond donors (Lipinski definition) is 1. The molecule has 0 spiro atoms. The number of rotatable bonds is 4. The van der Waals surface area contributed by atoms with Crippen LogP contribution in [0.2, 0.25) is 0 Å². The Morgan fingerprint density at radius 1 is 1.47 bits per heavy atom. The van der Waals surface area contributed by atoms with Crippen LogP contribution in [-0.2, 0) is 0 Å². The SMILES string of the molecule is CCC(C)N(CC)C(=O)c1ccc(I)c(O)c1. The van der Waals surface area contributed by atoms with Crippen LogP contribution in [0.25, 0.3) is 0 Å². The molecule has 1 rings (SSSR count). The summed E-state index contributed by atoms with van der Waals surface area (Å²) in [6, 6.07) is 5.27. The van der Waals surface area contributed by atoms with Gasteiger partial charge in [-0.1, -0.05) is 6.92 Å². The molecule has 1 amide bonds. The molecule has 1 atom stereocenters. The second-order valence-corrected chi connectivity index (χ2v) is 5.18. The predicted molar refractivity (Wildman–Crippen MR) is 77.3 cm³/mol. The summed E-state index contributed by atoms with van der Waals surface area (Å²) in [6.45, 7) is 6.75. The van der Waals surface area contributed by atoms with E-state index in [1.165, 1.54) is 6.07 Å². The van der Waals surface area contributed by atoms with Crippen LogP contribution in [-0.4, -0.2) is 28.5 Å². The Morgan fingerprint density at radius 3 is 2.59 bits per heavy atom. The Bertz CT molecular complexity index is 406. The molecule has 0 saturated heterocycles. The van der Waals surface area contributed by atoms with Gasteiger partial charge in [-0.2, -0.15) is 0 Å². The number of halogens is 1. The maximum atomic E-state index is 12.3. The standard InChI is InChI=1S/C13H18INO2/c1-4-9(3)15(5-2)13(17)10-6-7-11(14)12(16)8-10/h6-9,16H,4-5H2,1-3H3. The van der Waals surface area contributed by atoms with Crippen molar-refractivity contribution in [3.05, 3.63) is 27.3 Å². The molecule has 0 saturated carbocycles. The summed E-state index contributed by atoms with van der Waals surface area (Å²) in [5, 5.41) is 9.62. The van der Waals surface area contributed by atoms with E-state index in [0.717, 1.165) is 9.99 Å². The van der Waals surface area contributed by atoms with Gasteiger partial charge < -0.3 is 10.0 Å². The first kappa shape index (κ1) is 14.3. The molecule has 1 N–H and O–H groups in total. The van der Waals surface area contributed by atoms with E-state index in [1.807, 2.05) is 41.3 Å². The summed E-state index contributed by atoms with van der Waals surface area (Å²) in [4.78, 5) is 14.1. The number of carbonyl (C=O) groups excluding carboxylic acids is 1. The van der Waals surface area contributed by atoms with Gasteiger partial charge in [-0.05, 0) is 61.1 Å². The van der Waals surface area contributed by atoms with E-state index in [9.17, 15) is 9.90 Å².